The van der Waals surface area contributed by atoms with Gasteiger partial charge in [0, 0.05) is 6.61 Å². The summed E-state index contributed by atoms with van der Waals surface area (Å²) in [6.07, 6.45) is 2.52. The Balaban J connectivity index is 2.01. The van der Waals surface area contributed by atoms with Gasteiger partial charge in [-0.25, -0.2) is 0 Å². The summed E-state index contributed by atoms with van der Waals surface area (Å²) in [5, 5.41) is 9.77. The largest absolute Gasteiger partial charge is 0.493 e. The second-order valence-corrected chi connectivity index (χ2v) is 6.17. The van der Waals surface area contributed by atoms with Crippen molar-refractivity contribution in [3.8, 4) is 23.0 Å². The van der Waals surface area contributed by atoms with E-state index in [4.69, 9.17) is 18.9 Å². The van der Waals surface area contributed by atoms with E-state index in [1.165, 1.54) is 0 Å². The van der Waals surface area contributed by atoms with Crippen LogP contribution in [0.15, 0.2) is 36.4 Å². The van der Waals surface area contributed by atoms with E-state index in [-0.39, 0.29) is 12.5 Å². The van der Waals surface area contributed by atoms with Gasteiger partial charge in [-0.15, -0.1) is 0 Å². The lowest BCUT2D eigenvalue weighted by molar-refractivity contribution is 0.218. The van der Waals surface area contributed by atoms with Crippen molar-refractivity contribution in [1.29, 1.82) is 0 Å². The van der Waals surface area contributed by atoms with Crippen LogP contribution >= 0.6 is 0 Å². The van der Waals surface area contributed by atoms with E-state index in [1.54, 1.807) is 28.4 Å². The lowest BCUT2D eigenvalue weighted by Crippen LogP contribution is -2.11. The van der Waals surface area contributed by atoms with Crippen LogP contribution < -0.4 is 18.9 Å². The van der Waals surface area contributed by atoms with E-state index < -0.39 is 0 Å². The predicted molar refractivity (Wildman–Crippen MR) is 102 cm³/mol. The van der Waals surface area contributed by atoms with Crippen LogP contribution in [0.3, 0.4) is 0 Å². The van der Waals surface area contributed by atoms with E-state index >= 15 is 0 Å². The minimum absolute atomic E-state index is 0.141. The lowest BCUT2D eigenvalue weighted by atomic mass is 9.93. The molecular formula is C21H28O5. The van der Waals surface area contributed by atoms with Crippen molar-refractivity contribution in [3.05, 3.63) is 47.5 Å². The number of benzene rings is 2. The molecule has 2 rings (SSSR count). The van der Waals surface area contributed by atoms with Gasteiger partial charge in [-0.2, -0.15) is 0 Å². The third kappa shape index (κ3) is 5.05. The normalized spacial score (nSPS) is 11.7. The SMILES string of the molecule is COc1ccc(CC[C@@H](CO)Cc2ccc(OC)c(OC)c2)cc1OC. The van der Waals surface area contributed by atoms with Gasteiger partial charge in [0.15, 0.2) is 23.0 Å². The Labute approximate surface area is 155 Å². The molecule has 5 nitrogen and oxygen atoms in total. The quantitative estimate of drug-likeness (QED) is 0.703. The molecule has 0 amide bonds. The molecule has 142 valence electrons. The summed E-state index contributed by atoms with van der Waals surface area (Å²) in [7, 11) is 6.51. The molecule has 0 aliphatic heterocycles. The highest BCUT2D eigenvalue weighted by atomic mass is 16.5. The van der Waals surface area contributed by atoms with Crippen LogP contribution in [-0.4, -0.2) is 40.2 Å². The predicted octanol–water partition coefficient (Wildman–Crippen LogP) is 3.50. The zero-order valence-electron chi connectivity index (χ0n) is 16.0. The van der Waals surface area contributed by atoms with Crippen molar-refractivity contribution in [1.82, 2.24) is 0 Å². The standard InChI is InChI=1S/C21H28O5/c1-23-18-9-7-15(12-20(18)25-3)5-6-17(14-22)11-16-8-10-19(24-2)21(13-16)26-4/h7-10,12-13,17,22H,5-6,11,14H2,1-4H3/t17-/m1/s1. The Hall–Kier alpha value is -2.40. The zero-order chi connectivity index (χ0) is 18.9. The first kappa shape index (κ1) is 19.9. The molecule has 2 aromatic carbocycles. The molecule has 0 saturated carbocycles. The molecule has 5 heteroatoms. The molecule has 0 aliphatic rings. The summed E-state index contributed by atoms with van der Waals surface area (Å²) >= 11 is 0. The minimum Gasteiger partial charge on any atom is -0.493 e. The van der Waals surface area contributed by atoms with Gasteiger partial charge in [-0.3, -0.25) is 0 Å². The number of hydrogen-bond donors (Lipinski definition) is 1. The molecule has 0 bridgehead atoms. The maximum Gasteiger partial charge on any atom is 0.160 e. The van der Waals surface area contributed by atoms with Gasteiger partial charge >= 0.3 is 0 Å². The molecule has 0 saturated heterocycles. The summed E-state index contributed by atoms with van der Waals surface area (Å²) in [6.45, 7) is 0.141. The molecule has 0 radical (unpaired) electrons. The minimum atomic E-state index is 0.141. The van der Waals surface area contributed by atoms with Crippen LogP contribution in [0.1, 0.15) is 17.5 Å². The average molecular weight is 360 g/mol. The van der Waals surface area contributed by atoms with Gasteiger partial charge in [0.1, 0.15) is 0 Å². The third-order valence-electron chi connectivity index (χ3n) is 4.52. The molecule has 0 spiro atoms. The van der Waals surface area contributed by atoms with Crippen LogP contribution in [-0.2, 0) is 12.8 Å². The van der Waals surface area contributed by atoms with Gasteiger partial charge in [0.25, 0.3) is 0 Å². The molecule has 2 aromatic rings. The second kappa shape index (κ2) is 9.92. The fourth-order valence-electron chi connectivity index (χ4n) is 3.01. The third-order valence-corrected chi connectivity index (χ3v) is 4.52. The van der Waals surface area contributed by atoms with Gasteiger partial charge in [0.05, 0.1) is 28.4 Å². The highest BCUT2D eigenvalue weighted by Gasteiger charge is 2.13. The molecule has 26 heavy (non-hydrogen) atoms. The van der Waals surface area contributed by atoms with Gasteiger partial charge in [-0.1, -0.05) is 12.1 Å². The first-order valence-corrected chi connectivity index (χ1v) is 8.67. The zero-order valence-corrected chi connectivity index (χ0v) is 16.0. The van der Waals surface area contributed by atoms with E-state index in [9.17, 15) is 5.11 Å². The first-order chi connectivity index (χ1) is 12.6. The first-order valence-electron chi connectivity index (χ1n) is 8.67. The van der Waals surface area contributed by atoms with Crippen LogP contribution in [0.5, 0.6) is 23.0 Å². The molecule has 1 N–H and O–H groups in total. The molecule has 0 aromatic heterocycles. The Morgan fingerprint density at radius 1 is 0.731 bits per heavy atom. The highest BCUT2D eigenvalue weighted by molar-refractivity contribution is 5.44. The van der Waals surface area contributed by atoms with Gasteiger partial charge in [-0.05, 0) is 60.6 Å². The van der Waals surface area contributed by atoms with Gasteiger partial charge < -0.3 is 24.1 Å². The fraction of sp³-hybridized carbons (Fsp3) is 0.429. The number of methoxy groups -OCH3 is 4. The van der Waals surface area contributed by atoms with Crippen LogP contribution in [0, 0.1) is 5.92 Å². The van der Waals surface area contributed by atoms with Crippen LogP contribution in [0.25, 0.3) is 0 Å². The van der Waals surface area contributed by atoms with E-state index in [0.29, 0.717) is 11.5 Å². The topological polar surface area (TPSA) is 57.2 Å². The Bertz CT molecular complexity index is 699. The smallest absolute Gasteiger partial charge is 0.160 e. The monoisotopic (exact) mass is 360 g/mol. The van der Waals surface area contributed by atoms with Crippen molar-refractivity contribution in [2.24, 2.45) is 5.92 Å². The summed E-state index contributed by atoms with van der Waals surface area (Å²) in [4.78, 5) is 0. The van der Waals surface area contributed by atoms with Crippen molar-refractivity contribution in [2.75, 3.05) is 35.0 Å². The molecule has 0 unspecified atom stereocenters. The Morgan fingerprint density at radius 2 is 1.23 bits per heavy atom. The van der Waals surface area contributed by atoms with Gasteiger partial charge in [0.2, 0.25) is 0 Å². The molecule has 0 fully saturated rings. The second-order valence-electron chi connectivity index (χ2n) is 6.17. The molecule has 0 heterocycles. The van der Waals surface area contributed by atoms with E-state index in [0.717, 1.165) is 41.9 Å². The van der Waals surface area contributed by atoms with Crippen LogP contribution in [0.4, 0.5) is 0 Å². The molecule has 0 aliphatic carbocycles. The van der Waals surface area contributed by atoms with Crippen molar-refractivity contribution in [2.45, 2.75) is 19.3 Å². The van der Waals surface area contributed by atoms with Crippen LogP contribution in [0.2, 0.25) is 0 Å². The number of rotatable bonds is 10. The van der Waals surface area contributed by atoms with E-state index in [1.807, 2.05) is 36.4 Å². The van der Waals surface area contributed by atoms with Crippen molar-refractivity contribution < 1.29 is 24.1 Å². The number of aliphatic hydroxyl groups is 1. The summed E-state index contributed by atoms with van der Waals surface area (Å²) < 4.78 is 21.3. The summed E-state index contributed by atoms with van der Waals surface area (Å²) in [5.41, 5.74) is 2.28. The number of aliphatic hydroxyl groups excluding tert-OH is 1. The number of aryl methyl sites for hydroxylation is 1. The number of ether oxygens (including phenoxy) is 4. The summed E-state index contributed by atoms with van der Waals surface area (Å²) in [5.74, 6) is 3.04. The average Bonchev–Trinajstić information content (AvgIpc) is 2.70. The summed E-state index contributed by atoms with van der Waals surface area (Å²) in [6, 6.07) is 11.8. The van der Waals surface area contributed by atoms with Crippen molar-refractivity contribution >= 4 is 0 Å². The lowest BCUT2D eigenvalue weighted by Gasteiger charge is -2.16. The Kier molecular flexibility index (Phi) is 7.60. The molecular weight excluding hydrogens is 332 g/mol. The van der Waals surface area contributed by atoms with E-state index in [2.05, 4.69) is 0 Å². The maximum atomic E-state index is 9.77. The Morgan fingerprint density at radius 3 is 1.73 bits per heavy atom. The fourth-order valence-corrected chi connectivity index (χ4v) is 3.01. The highest BCUT2D eigenvalue weighted by Crippen LogP contribution is 2.30. The number of hydrogen-bond acceptors (Lipinski definition) is 5. The molecule has 1 atom stereocenters. The van der Waals surface area contributed by atoms with Crippen molar-refractivity contribution in [3.63, 3.8) is 0 Å². The maximum absolute atomic E-state index is 9.77.